The fourth-order valence-corrected chi connectivity index (χ4v) is 2.79. The van der Waals surface area contributed by atoms with Gasteiger partial charge in [0.2, 0.25) is 0 Å². The third-order valence-electron chi connectivity index (χ3n) is 2.20. The zero-order valence-electron chi connectivity index (χ0n) is 7.24. The van der Waals surface area contributed by atoms with Crippen molar-refractivity contribution in [2.45, 2.75) is 36.0 Å². The van der Waals surface area contributed by atoms with Crippen molar-refractivity contribution in [2.75, 3.05) is 0 Å². The predicted molar refractivity (Wildman–Crippen MR) is 55.2 cm³/mol. The van der Waals surface area contributed by atoms with E-state index in [9.17, 15) is 0 Å². The molecule has 1 aliphatic rings. The van der Waals surface area contributed by atoms with Crippen LogP contribution in [0.4, 0.5) is 0 Å². The van der Waals surface area contributed by atoms with Gasteiger partial charge in [0, 0.05) is 5.25 Å². The summed E-state index contributed by atoms with van der Waals surface area (Å²) in [7, 11) is 0. The van der Waals surface area contributed by atoms with Crippen molar-refractivity contribution >= 4 is 23.4 Å². The Morgan fingerprint density at radius 2 is 2.00 bits per heavy atom. The molecule has 0 saturated heterocycles. The molecule has 1 aliphatic carbocycles. The molecule has 0 bridgehead atoms. The maximum atomic E-state index is 5.65. The highest BCUT2D eigenvalue weighted by molar-refractivity contribution is 7.99. The van der Waals surface area contributed by atoms with Gasteiger partial charge in [0.25, 0.3) is 0 Å². The molecule has 2 rings (SSSR count). The maximum Gasteiger partial charge on any atom is 0.151 e. The summed E-state index contributed by atoms with van der Waals surface area (Å²) in [6, 6.07) is 3.74. The van der Waals surface area contributed by atoms with Crippen LogP contribution in [0.15, 0.2) is 17.2 Å². The smallest absolute Gasteiger partial charge is 0.143 e. The minimum absolute atomic E-state index is 0.468. The Bertz CT molecular complexity index is 269. The van der Waals surface area contributed by atoms with E-state index in [4.69, 9.17) is 11.6 Å². The van der Waals surface area contributed by atoms with E-state index in [1.165, 1.54) is 25.7 Å². The minimum Gasteiger partial charge on any atom is -0.143 e. The SMILES string of the molecule is Clc1ccc(SC2CCCC2)nn1. The molecule has 0 N–H and O–H groups in total. The topological polar surface area (TPSA) is 25.8 Å². The number of thioether (sulfide) groups is 1. The van der Waals surface area contributed by atoms with Crippen molar-refractivity contribution in [1.29, 1.82) is 0 Å². The summed E-state index contributed by atoms with van der Waals surface area (Å²) in [5, 5.41) is 10.0. The van der Waals surface area contributed by atoms with Gasteiger partial charge in [0.05, 0.1) is 0 Å². The molecule has 0 radical (unpaired) electrons. The van der Waals surface area contributed by atoms with Crippen LogP contribution in [-0.4, -0.2) is 15.4 Å². The van der Waals surface area contributed by atoms with Crippen LogP contribution < -0.4 is 0 Å². The van der Waals surface area contributed by atoms with Gasteiger partial charge in [-0.05, 0) is 25.0 Å². The average Bonchev–Trinajstić information content (AvgIpc) is 2.62. The molecule has 1 heterocycles. The van der Waals surface area contributed by atoms with Crippen molar-refractivity contribution in [3.05, 3.63) is 17.3 Å². The Balaban J connectivity index is 1.97. The molecule has 0 amide bonds. The molecule has 0 unspecified atom stereocenters. The molecule has 4 heteroatoms. The molecule has 2 nitrogen and oxygen atoms in total. The molecule has 1 aromatic heterocycles. The van der Waals surface area contributed by atoms with Crippen LogP contribution in [0, 0.1) is 0 Å². The highest BCUT2D eigenvalue weighted by atomic mass is 35.5. The summed E-state index contributed by atoms with van der Waals surface area (Å²) < 4.78 is 0. The zero-order chi connectivity index (χ0) is 9.10. The molecule has 0 atom stereocenters. The number of aromatic nitrogens is 2. The molecule has 0 spiro atoms. The van der Waals surface area contributed by atoms with E-state index in [0.29, 0.717) is 5.15 Å². The molecule has 13 heavy (non-hydrogen) atoms. The Hall–Kier alpha value is -0.280. The molecule has 0 aliphatic heterocycles. The third kappa shape index (κ3) is 2.58. The van der Waals surface area contributed by atoms with Crippen LogP contribution in [0.2, 0.25) is 5.15 Å². The molecule has 0 aromatic carbocycles. The van der Waals surface area contributed by atoms with Gasteiger partial charge in [-0.3, -0.25) is 0 Å². The summed E-state index contributed by atoms with van der Waals surface area (Å²) in [6.45, 7) is 0. The van der Waals surface area contributed by atoms with Crippen molar-refractivity contribution < 1.29 is 0 Å². The van der Waals surface area contributed by atoms with E-state index in [2.05, 4.69) is 10.2 Å². The maximum absolute atomic E-state index is 5.65. The summed E-state index contributed by atoms with van der Waals surface area (Å²) in [4.78, 5) is 0. The third-order valence-corrected chi connectivity index (χ3v) is 3.66. The van der Waals surface area contributed by atoms with Crippen molar-refractivity contribution in [3.8, 4) is 0 Å². The van der Waals surface area contributed by atoms with Crippen molar-refractivity contribution in [1.82, 2.24) is 10.2 Å². The Labute approximate surface area is 87.1 Å². The van der Waals surface area contributed by atoms with Crippen molar-refractivity contribution in [2.24, 2.45) is 0 Å². The van der Waals surface area contributed by atoms with Gasteiger partial charge >= 0.3 is 0 Å². The van der Waals surface area contributed by atoms with Crippen LogP contribution in [-0.2, 0) is 0 Å². The standard InChI is InChI=1S/C9H11ClN2S/c10-8-5-6-9(12-11-8)13-7-3-1-2-4-7/h5-7H,1-4H2. The van der Waals surface area contributed by atoms with Gasteiger partial charge in [-0.25, -0.2) is 0 Å². The van der Waals surface area contributed by atoms with Crippen LogP contribution >= 0.6 is 23.4 Å². The first kappa shape index (κ1) is 9.28. The second kappa shape index (κ2) is 4.29. The van der Waals surface area contributed by atoms with Gasteiger partial charge in [0.1, 0.15) is 5.03 Å². The lowest BCUT2D eigenvalue weighted by molar-refractivity contribution is 0.882. The molecular formula is C9H11ClN2S. The normalized spacial score (nSPS) is 17.9. The van der Waals surface area contributed by atoms with Crippen LogP contribution in [0.25, 0.3) is 0 Å². The number of halogens is 1. The highest BCUT2D eigenvalue weighted by Gasteiger charge is 2.16. The van der Waals surface area contributed by atoms with Crippen LogP contribution in [0.5, 0.6) is 0 Å². The van der Waals surface area contributed by atoms with Gasteiger partial charge in [0.15, 0.2) is 5.15 Å². The first-order chi connectivity index (χ1) is 6.34. The molecule has 1 aromatic rings. The lowest BCUT2D eigenvalue weighted by Gasteiger charge is -2.05. The monoisotopic (exact) mass is 214 g/mol. The number of nitrogens with zero attached hydrogens (tertiary/aromatic N) is 2. The van der Waals surface area contributed by atoms with E-state index in [1.807, 2.05) is 17.8 Å². The first-order valence-electron chi connectivity index (χ1n) is 4.50. The lowest BCUT2D eigenvalue weighted by atomic mass is 10.4. The quantitative estimate of drug-likeness (QED) is 0.757. The van der Waals surface area contributed by atoms with E-state index >= 15 is 0 Å². The summed E-state index contributed by atoms with van der Waals surface area (Å²) in [5.41, 5.74) is 0. The van der Waals surface area contributed by atoms with E-state index < -0.39 is 0 Å². The molecular weight excluding hydrogens is 204 g/mol. The van der Waals surface area contributed by atoms with E-state index in [1.54, 1.807) is 6.07 Å². The summed E-state index contributed by atoms with van der Waals surface area (Å²) in [6.07, 6.45) is 5.35. The van der Waals surface area contributed by atoms with Crippen molar-refractivity contribution in [3.63, 3.8) is 0 Å². The van der Waals surface area contributed by atoms with Gasteiger partial charge in [-0.1, -0.05) is 24.4 Å². The van der Waals surface area contributed by atoms with Gasteiger partial charge in [-0.15, -0.1) is 22.0 Å². The molecule has 70 valence electrons. The van der Waals surface area contributed by atoms with Gasteiger partial charge in [-0.2, -0.15) is 0 Å². The Kier molecular flexibility index (Phi) is 3.06. The summed E-state index contributed by atoms with van der Waals surface area (Å²) >= 11 is 7.47. The van der Waals surface area contributed by atoms with E-state index in [0.717, 1.165) is 10.3 Å². The number of hydrogen-bond acceptors (Lipinski definition) is 3. The summed E-state index contributed by atoms with van der Waals surface area (Å²) in [5.74, 6) is 0. The largest absolute Gasteiger partial charge is 0.151 e. The zero-order valence-corrected chi connectivity index (χ0v) is 8.81. The Morgan fingerprint density at radius 3 is 2.62 bits per heavy atom. The fourth-order valence-electron chi connectivity index (χ4n) is 1.54. The number of hydrogen-bond donors (Lipinski definition) is 0. The first-order valence-corrected chi connectivity index (χ1v) is 5.76. The minimum atomic E-state index is 0.468. The van der Waals surface area contributed by atoms with E-state index in [-0.39, 0.29) is 0 Å². The fraction of sp³-hybridized carbons (Fsp3) is 0.556. The number of rotatable bonds is 2. The highest BCUT2D eigenvalue weighted by Crippen LogP contribution is 2.33. The lowest BCUT2D eigenvalue weighted by Crippen LogP contribution is -1.95. The van der Waals surface area contributed by atoms with Crippen LogP contribution in [0.3, 0.4) is 0 Å². The molecule has 1 saturated carbocycles. The second-order valence-electron chi connectivity index (χ2n) is 3.22. The average molecular weight is 215 g/mol. The van der Waals surface area contributed by atoms with Gasteiger partial charge < -0.3 is 0 Å². The molecule has 1 fully saturated rings. The predicted octanol–water partition coefficient (Wildman–Crippen LogP) is 3.16. The Morgan fingerprint density at radius 1 is 1.23 bits per heavy atom. The second-order valence-corrected chi connectivity index (χ2v) is 4.93. The van der Waals surface area contributed by atoms with Crippen LogP contribution in [0.1, 0.15) is 25.7 Å².